The molecular formula is C16H27BN2O3S. The van der Waals surface area contributed by atoms with Crippen LogP contribution in [0.5, 0.6) is 0 Å². The number of aryl methyl sites for hydroxylation is 1. The van der Waals surface area contributed by atoms with Crippen LogP contribution in [0, 0.1) is 6.92 Å². The summed E-state index contributed by atoms with van der Waals surface area (Å²) in [5, 5.41) is 2.93. The van der Waals surface area contributed by atoms with Gasteiger partial charge in [-0.1, -0.05) is 29.8 Å². The van der Waals surface area contributed by atoms with Gasteiger partial charge in [-0.25, -0.2) is 8.42 Å². The lowest BCUT2D eigenvalue weighted by Crippen LogP contribution is -2.41. The maximum absolute atomic E-state index is 12.0. The minimum atomic E-state index is -3.29. The van der Waals surface area contributed by atoms with Crippen LogP contribution in [-0.4, -0.2) is 51.3 Å². The van der Waals surface area contributed by atoms with Gasteiger partial charge in [0.2, 0.25) is 15.9 Å². The molecule has 128 valence electrons. The number of carbonyl (C=O) groups excluding carboxylic acids is 1. The molecule has 0 aliphatic rings. The first-order valence-electron chi connectivity index (χ1n) is 7.91. The van der Waals surface area contributed by atoms with E-state index in [4.69, 9.17) is 0 Å². The van der Waals surface area contributed by atoms with Crippen LogP contribution in [0.25, 0.3) is 0 Å². The first-order valence-corrected chi connectivity index (χ1v) is 9.76. The van der Waals surface area contributed by atoms with E-state index in [0.29, 0.717) is 0 Å². The number of benzene rings is 1. The molecule has 0 heterocycles. The summed E-state index contributed by atoms with van der Waals surface area (Å²) in [6, 6.07) is 8.07. The smallest absolute Gasteiger partial charge is 0.220 e. The van der Waals surface area contributed by atoms with Gasteiger partial charge in [0, 0.05) is 24.9 Å². The number of nitrogens with zero attached hydrogens (tertiary/aromatic N) is 1. The lowest BCUT2D eigenvalue weighted by Gasteiger charge is -2.24. The van der Waals surface area contributed by atoms with Crippen molar-refractivity contribution < 1.29 is 13.2 Å². The second kappa shape index (κ2) is 8.50. The van der Waals surface area contributed by atoms with Gasteiger partial charge < -0.3 is 5.32 Å². The molecule has 0 bridgehead atoms. The number of carbonyl (C=O) groups is 1. The van der Waals surface area contributed by atoms with E-state index in [1.165, 1.54) is 21.7 Å². The first-order chi connectivity index (χ1) is 10.6. The molecule has 0 saturated carbocycles. The third kappa shape index (κ3) is 7.18. The van der Waals surface area contributed by atoms with Crippen LogP contribution in [-0.2, 0) is 21.2 Å². The van der Waals surface area contributed by atoms with Crippen molar-refractivity contribution in [2.45, 2.75) is 45.6 Å². The first kappa shape index (κ1) is 19.7. The standard InChI is InChI=1S/C16H27BN2O3S/c1-12(2)19(23(4,21)22)10-9-16(20)18-15(17)11-14-7-5-13(3)6-8-14/h5-8,12,15H,9-11,17H2,1-4H3,(H,18,20)/t15-/m0/s1. The summed E-state index contributed by atoms with van der Waals surface area (Å²) in [4.78, 5) is 12.0. The minimum Gasteiger partial charge on any atom is -0.361 e. The average molecular weight is 338 g/mol. The summed E-state index contributed by atoms with van der Waals surface area (Å²) in [7, 11) is -1.33. The number of rotatable bonds is 8. The predicted molar refractivity (Wildman–Crippen MR) is 96.7 cm³/mol. The molecule has 1 atom stereocenters. The highest BCUT2D eigenvalue weighted by atomic mass is 32.2. The van der Waals surface area contributed by atoms with E-state index in [2.05, 4.69) is 29.6 Å². The molecule has 0 unspecified atom stereocenters. The molecule has 23 heavy (non-hydrogen) atoms. The number of hydrogen-bond donors (Lipinski definition) is 1. The van der Waals surface area contributed by atoms with Crippen LogP contribution >= 0.6 is 0 Å². The zero-order chi connectivity index (χ0) is 17.6. The predicted octanol–water partition coefficient (Wildman–Crippen LogP) is 0.673. The van der Waals surface area contributed by atoms with Crippen LogP contribution in [0.1, 0.15) is 31.4 Å². The third-order valence-corrected chi connectivity index (χ3v) is 5.09. The van der Waals surface area contributed by atoms with Crippen LogP contribution in [0.4, 0.5) is 0 Å². The second-order valence-corrected chi connectivity index (χ2v) is 8.31. The maximum atomic E-state index is 12.0. The Morgan fingerprint density at radius 2 is 1.83 bits per heavy atom. The summed E-state index contributed by atoms with van der Waals surface area (Å²) in [5.74, 6) is -0.116. The van der Waals surface area contributed by atoms with Crippen molar-refractivity contribution >= 4 is 23.8 Å². The van der Waals surface area contributed by atoms with Gasteiger partial charge in [0.15, 0.2) is 0 Å². The van der Waals surface area contributed by atoms with E-state index in [1.807, 2.05) is 14.8 Å². The fourth-order valence-electron chi connectivity index (χ4n) is 2.49. The molecule has 0 radical (unpaired) electrons. The van der Waals surface area contributed by atoms with E-state index >= 15 is 0 Å². The molecule has 0 aromatic heterocycles. The summed E-state index contributed by atoms with van der Waals surface area (Å²) in [6.45, 7) is 5.86. The van der Waals surface area contributed by atoms with Crippen molar-refractivity contribution in [3.63, 3.8) is 0 Å². The molecule has 7 heteroatoms. The Morgan fingerprint density at radius 3 is 2.30 bits per heavy atom. The van der Waals surface area contributed by atoms with Crippen LogP contribution < -0.4 is 5.32 Å². The topological polar surface area (TPSA) is 66.5 Å². The summed E-state index contributed by atoms with van der Waals surface area (Å²) in [5.41, 5.74) is 2.38. The lowest BCUT2D eigenvalue weighted by molar-refractivity contribution is -0.121. The molecule has 1 amide bonds. The molecule has 0 fully saturated rings. The largest absolute Gasteiger partial charge is 0.361 e. The Hall–Kier alpha value is -1.34. The molecule has 1 aromatic rings. The van der Waals surface area contributed by atoms with Gasteiger partial charge in [0.25, 0.3) is 0 Å². The fraction of sp³-hybridized carbons (Fsp3) is 0.562. The highest BCUT2D eigenvalue weighted by molar-refractivity contribution is 7.88. The van der Waals surface area contributed by atoms with Gasteiger partial charge in [0.1, 0.15) is 7.85 Å². The van der Waals surface area contributed by atoms with Crippen molar-refractivity contribution in [3.05, 3.63) is 35.4 Å². The SMILES string of the molecule is B[C@H](Cc1ccc(C)cc1)NC(=O)CCN(C(C)C)S(C)(=O)=O. The Morgan fingerprint density at radius 1 is 1.26 bits per heavy atom. The van der Waals surface area contributed by atoms with Crippen LogP contribution in [0.3, 0.4) is 0 Å². The normalized spacial score (nSPS) is 13.3. The second-order valence-electron chi connectivity index (χ2n) is 6.38. The van der Waals surface area contributed by atoms with Crippen molar-refractivity contribution in [1.82, 2.24) is 9.62 Å². The van der Waals surface area contributed by atoms with Crippen molar-refractivity contribution in [1.29, 1.82) is 0 Å². The Balaban J connectivity index is 2.48. The van der Waals surface area contributed by atoms with Gasteiger partial charge in [-0.2, -0.15) is 4.31 Å². The fourth-order valence-corrected chi connectivity index (χ4v) is 3.68. The van der Waals surface area contributed by atoms with Gasteiger partial charge in [-0.05, 0) is 32.8 Å². The Labute approximate surface area is 140 Å². The van der Waals surface area contributed by atoms with Gasteiger partial charge in [0.05, 0.1) is 6.26 Å². The Bertz CT molecular complexity index is 615. The number of nitrogens with one attached hydrogen (secondary N) is 1. The van der Waals surface area contributed by atoms with Crippen molar-refractivity contribution in [3.8, 4) is 0 Å². The quantitative estimate of drug-likeness (QED) is 0.709. The number of amides is 1. The molecule has 1 N–H and O–H groups in total. The number of hydrogen-bond acceptors (Lipinski definition) is 3. The lowest BCUT2D eigenvalue weighted by atomic mass is 9.89. The summed E-state index contributed by atoms with van der Waals surface area (Å²) in [6.07, 6.45) is 2.10. The molecule has 1 rings (SSSR count). The Kier molecular flexibility index (Phi) is 7.28. The maximum Gasteiger partial charge on any atom is 0.220 e. The monoisotopic (exact) mass is 338 g/mol. The molecule has 0 aliphatic heterocycles. The van der Waals surface area contributed by atoms with Crippen LogP contribution in [0.15, 0.2) is 24.3 Å². The summed E-state index contributed by atoms with van der Waals surface area (Å²) >= 11 is 0. The highest BCUT2D eigenvalue weighted by Crippen LogP contribution is 2.07. The average Bonchev–Trinajstić information content (AvgIpc) is 2.39. The van der Waals surface area contributed by atoms with E-state index in [9.17, 15) is 13.2 Å². The molecule has 0 spiro atoms. The van der Waals surface area contributed by atoms with E-state index in [0.717, 1.165) is 6.42 Å². The van der Waals surface area contributed by atoms with E-state index < -0.39 is 10.0 Å². The van der Waals surface area contributed by atoms with Gasteiger partial charge in [-0.15, -0.1) is 0 Å². The van der Waals surface area contributed by atoms with E-state index in [1.54, 1.807) is 13.8 Å². The van der Waals surface area contributed by atoms with Crippen molar-refractivity contribution in [2.75, 3.05) is 12.8 Å². The summed E-state index contributed by atoms with van der Waals surface area (Å²) < 4.78 is 24.7. The molecular weight excluding hydrogens is 311 g/mol. The highest BCUT2D eigenvalue weighted by Gasteiger charge is 2.21. The molecule has 0 aliphatic carbocycles. The molecule has 5 nitrogen and oxygen atoms in total. The minimum absolute atomic E-state index is 0.0101. The number of sulfonamides is 1. The zero-order valence-electron chi connectivity index (χ0n) is 14.7. The van der Waals surface area contributed by atoms with Crippen molar-refractivity contribution in [2.24, 2.45) is 0 Å². The third-order valence-electron chi connectivity index (χ3n) is 3.63. The van der Waals surface area contributed by atoms with Gasteiger partial charge >= 0.3 is 0 Å². The van der Waals surface area contributed by atoms with Crippen LogP contribution in [0.2, 0.25) is 0 Å². The zero-order valence-corrected chi connectivity index (χ0v) is 15.5. The molecule has 0 saturated heterocycles. The van der Waals surface area contributed by atoms with Gasteiger partial charge in [-0.3, -0.25) is 4.79 Å². The molecule has 1 aromatic carbocycles. The van der Waals surface area contributed by atoms with E-state index in [-0.39, 0.29) is 30.9 Å².